The van der Waals surface area contributed by atoms with Crippen molar-refractivity contribution in [3.05, 3.63) is 42.2 Å². The van der Waals surface area contributed by atoms with E-state index in [0.29, 0.717) is 29.3 Å². The maximum absolute atomic E-state index is 12.3. The van der Waals surface area contributed by atoms with Crippen LogP contribution in [0.2, 0.25) is 0 Å². The van der Waals surface area contributed by atoms with Crippen LogP contribution in [0.3, 0.4) is 0 Å². The quantitative estimate of drug-likeness (QED) is 0.587. The molecule has 0 aliphatic rings. The van der Waals surface area contributed by atoms with Gasteiger partial charge >= 0.3 is 6.01 Å². The van der Waals surface area contributed by atoms with Gasteiger partial charge in [-0.3, -0.25) is 14.8 Å². The molecule has 0 spiro atoms. The molecule has 1 amide bonds. The van der Waals surface area contributed by atoms with Crippen LogP contribution in [0, 0.1) is 0 Å². The van der Waals surface area contributed by atoms with Crippen molar-refractivity contribution in [2.24, 2.45) is 0 Å². The number of benzene rings is 1. The van der Waals surface area contributed by atoms with Gasteiger partial charge in [0, 0.05) is 18.1 Å². The van der Waals surface area contributed by atoms with Crippen LogP contribution in [0.25, 0.3) is 22.6 Å². The average molecular weight is 353 g/mol. The zero-order valence-corrected chi connectivity index (χ0v) is 14.1. The summed E-state index contributed by atoms with van der Waals surface area (Å²) in [6, 6.07) is 8.89. The van der Waals surface area contributed by atoms with Crippen LogP contribution >= 0.6 is 0 Å². The zero-order valence-electron chi connectivity index (χ0n) is 14.1. The highest BCUT2D eigenvalue weighted by molar-refractivity contribution is 6.01. The number of carbonyl (C=O) groups excluding carboxylic acids is 1. The van der Waals surface area contributed by atoms with Gasteiger partial charge in [-0.1, -0.05) is 17.2 Å². The van der Waals surface area contributed by atoms with Gasteiger partial charge in [0.25, 0.3) is 11.8 Å². The summed E-state index contributed by atoms with van der Waals surface area (Å²) in [5.41, 5.74) is 0.987. The number of aryl methyl sites for hydroxylation is 1. The maximum Gasteiger partial charge on any atom is 0.322 e. The molecule has 9 heteroatoms. The first-order chi connectivity index (χ1) is 12.7. The van der Waals surface area contributed by atoms with Crippen molar-refractivity contribution in [1.29, 1.82) is 0 Å². The molecule has 4 rings (SSSR count). The van der Waals surface area contributed by atoms with Gasteiger partial charge in [0.05, 0.1) is 7.11 Å². The molecule has 0 saturated heterocycles. The SMILES string of the molecule is CCn1nccc1C(=O)Nc1nnc(-c2cc3cccc(OC)c3o2)o1. The van der Waals surface area contributed by atoms with Gasteiger partial charge in [-0.15, -0.1) is 5.10 Å². The molecule has 0 unspecified atom stereocenters. The molecule has 26 heavy (non-hydrogen) atoms. The second-order valence-electron chi connectivity index (χ2n) is 5.39. The van der Waals surface area contributed by atoms with Gasteiger partial charge in [-0.25, -0.2) is 0 Å². The number of aromatic nitrogens is 4. The molecule has 0 saturated carbocycles. The third-order valence-electron chi connectivity index (χ3n) is 3.83. The number of nitrogens with zero attached hydrogens (tertiary/aromatic N) is 4. The number of nitrogens with one attached hydrogen (secondary N) is 1. The van der Waals surface area contributed by atoms with Crippen molar-refractivity contribution in [3.63, 3.8) is 0 Å². The number of furan rings is 1. The summed E-state index contributed by atoms with van der Waals surface area (Å²) in [6.07, 6.45) is 1.56. The third kappa shape index (κ3) is 2.69. The van der Waals surface area contributed by atoms with Crippen molar-refractivity contribution in [2.75, 3.05) is 12.4 Å². The minimum absolute atomic E-state index is 0.0266. The molecule has 3 aromatic heterocycles. The normalized spacial score (nSPS) is 11.0. The van der Waals surface area contributed by atoms with Crippen LogP contribution in [0.1, 0.15) is 17.4 Å². The molecule has 0 atom stereocenters. The number of hydrogen-bond donors (Lipinski definition) is 1. The Bertz CT molecular complexity index is 1080. The van der Waals surface area contributed by atoms with Gasteiger partial charge in [0.1, 0.15) is 5.69 Å². The van der Waals surface area contributed by atoms with E-state index in [1.165, 1.54) is 0 Å². The number of para-hydroxylation sites is 1. The van der Waals surface area contributed by atoms with Crippen LogP contribution < -0.4 is 10.1 Å². The van der Waals surface area contributed by atoms with Crippen LogP contribution in [0.5, 0.6) is 5.75 Å². The number of anilines is 1. The van der Waals surface area contributed by atoms with Crippen LogP contribution in [-0.4, -0.2) is 33.0 Å². The molecule has 132 valence electrons. The molecule has 0 radical (unpaired) electrons. The lowest BCUT2D eigenvalue weighted by atomic mass is 10.2. The summed E-state index contributed by atoms with van der Waals surface area (Å²) in [7, 11) is 1.57. The fraction of sp³-hybridized carbons (Fsp3) is 0.176. The zero-order chi connectivity index (χ0) is 18.1. The lowest BCUT2D eigenvalue weighted by Gasteiger charge is -2.02. The summed E-state index contributed by atoms with van der Waals surface area (Å²) < 4.78 is 18.1. The van der Waals surface area contributed by atoms with Crippen LogP contribution in [0.15, 0.2) is 45.4 Å². The fourth-order valence-corrected chi connectivity index (χ4v) is 2.61. The first kappa shape index (κ1) is 15.9. The Morgan fingerprint density at radius 1 is 1.27 bits per heavy atom. The first-order valence-electron chi connectivity index (χ1n) is 7.93. The fourth-order valence-electron chi connectivity index (χ4n) is 2.61. The largest absolute Gasteiger partial charge is 0.493 e. The van der Waals surface area contributed by atoms with Crippen molar-refractivity contribution >= 4 is 22.9 Å². The highest BCUT2D eigenvalue weighted by Gasteiger charge is 2.18. The lowest BCUT2D eigenvalue weighted by molar-refractivity contribution is 0.101. The first-order valence-corrected chi connectivity index (χ1v) is 7.93. The lowest BCUT2D eigenvalue weighted by Crippen LogP contribution is -2.17. The van der Waals surface area contributed by atoms with Crippen LogP contribution in [0.4, 0.5) is 6.01 Å². The Hall–Kier alpha value is -3.62. The van der Waals surface area contributed by atoms with Gasteiger partial charge in [0.15, 0.2) is 17.1 Å². The van der Waals surface area contributed by atoms with Crippen molar-refractivity contribution in [1.82, 2.24) is 20.0 Å². The third-order valence-corrected chi connectivity index (χ3v) is 3.83. The maximum atomic E-state index is 12.3. The molecule has 1 aromatic carbocycles. The molecule has 0 fully saturated rings. The Morgan fingerprint density at radius 2 is 2.15 bits per heavy atom. The molecule has 0 bridgehead atoms. The topological polar surface area (TPSA) is 108 Å². The molecular weight excluding hydrogens is 338 g/mol. The number of amides is 1. The summed E-state index contributed by atoms with van der Waals surface area (Å²) in [5, 5.41) is 15.2. The van der Waals surface area contributed by atoms with E-state index >= 15 is 0 Å². The Labute approximate surface area is 147 Å². The Morgan fingerprint density at radius 3 is 2.96 bits per heavy atom. The molecule has 0 aliphatic carbocycles. The van der Waals surface area contributed by atoms with E-state index in [1.807, 2.05) is 19.1 Å². The smallest absolute Gasteiger partial charge is 0.322 e. The van der Waals surface area contributed by atoms with Gasteiger partial charge in [0.2, 0.25) is 0 Å². The van der Waals surface area contributed by atoms with E-state index in [1.54, 1.807) is 36.2 Å². The van der Waals surface area contributed by atoms with Crippen molar-refractivity contribution < 1.29 is 18.4 Å². The summed E-state index contributed by atoms with van der Waals surface area (Å²) in [5.74, 6) is 0.763. The number of ether oxygens (including phenoxy) is 1. The predicted molar refractivity (Wildman–Crippen MR) is 91.9 cm³/mol. The molecule has 3 heterocycles. The predicted octanol–water partition coefficient (Wildman–Crippen LogP) is 2.96. The highest BCUT2D eigenvalue weighted by Crippen LogP contribution is 2.33. The number of fused-ring (bicyclic) bond motifs is 1. The second kappa shape index (κ2) is 6.36. The van der Waals surface area contributed by atoms with Gasteiger partial charge in [-0.05, 0) is 25.1 Å². The minimum atomic E-state index is -0.383. The number of hydrogen-bond acceptors (Lipinski definition) is 7. The minimum Gasteiger partial charge on any atom is -0.493 e. The van der Waals surface area contributed by atoms with E-state index in [2.05, 4.69) is 20.6 Å². The summed E-state index contributed by atoms with van der Waals surface area (Å²) >= 11 is 0. The number of methoxy groups -OCH3 is 1. The second-order valence-corrected chi connectivity index (χ2v) is 5.39. The molecule has 4 aromatic rings. The van der Waals surface area contributed by atoms with Crippen molar-refractivity contribution in [2.45, 2.75) is 13.5 Å². The average Bonchev–Trinajstić information content (AvgIpc) is 3.38. The van der Waals surface area contributed by atoms with E-state index in [-0.39, 0.29) is 17.8 Å². The number of rotatable bonds is 5. The molecule has 9 nitrogen and oxygen atoms in total. The van der Waals surface area contributed by atoms with Gasteiger partial charge < -0.3 is 13.6 Å². The monoisotopic (exact) mass is 353 g/mol. The van der Waals surface area contributed by atoms with E-state index in [4.69, 9.17) is 13.6 Å². The standard InChI is InChI=1S/C17H15N5O4/c1-3-22-11(7-8-18-22)15(23)19-17-21-20-16(26-17)13-9-10-5-4-6-12(24-2)14(10)25-13/h4-9H,3H2,1-2H3,(H,19,21,23). The Balaban J connectivity index is 1.59. The van der Waals surface area contributed by atoms with E-state index in [0.717, 1.165) is 5.39 Å². The molecular formula is C17H15N5O4. The molecule has 0 aliphatic heterocycles. The molecule has 1 N–H and O–H groups in total. The van der Waals surface area contributed by atoms with Crippen molar-refractivity contribution in [3.8, 4) is 17.4 Å². The van der Waals surface area contributed by atoms with E-state index in [9.17, 15) is 4.79 Å². The Kier molecular flexibility index (Phi) is 3.88. The number of carbonyl (C=O) groups is 1. The van der Waals surface area contributed by atoms with Crippen LogP contribution in [-0.2, 0) is 6.54 Å². The highest BCUT2D eigenvalue weighted by atomic mass is 16.5. The van der Waals surface area contributed by atoms with E-state index < -0.39 is 0 Å². The van der Waals surface area contributed by atoms with Gasteiger partial charge in [-0.2, -0.15) is 5.10 Å². The summed E-state index contributed by atoms with van der Waals surface area (Å²) in [4.78, 5) is 12.3. The summed E-state index contributed by atoms with van der Waals surface area (Å²) in [6.45, 7) is 2.47.